The second-order valence-corrected chi connectivity index (χ2v) is 7.78. The number of benzene rings is 2. The highest BCUT2D eigenvalue weighted by Gasteiger charge is 2.40. The van der Waals surface area contributed by atoms with Gasteiger partial charge in [0.05, 0.1) is 12.1 Å². The van der Waals surface area contributed by atoms with Gasteiger partial charge in [0, 0.05) is 32.6 Å². The molecule has 2 aromatic heterocycles. The lowest BCUT2D eigenvalue weighted by Gasteiger charge is -2.35. The molecule has 2 atom stereocenters. The molecule has 0 radical (unpaired) electrons. The Morgan fingerprint density at radius 3 is 2.69 bits per heavy atom. The van der Waals surface area contributed by atoms with Gasteiger partial charge in [-0.2, -0.15) is 5.10 Å². The lowest BCUT2D eigenvalue weighted by Crippen LogP contribution is -2.38. The molecule has 2 aromatic carbocycles. The van der Waals surface area contributed by atoms with Crippen molar-refractivity contribution in [3.8, 4) is 0 Å². The Kier molecular flexibility index (Phi) is 5.25. The maximum atomic E-state index is 13.5. The number of hydrogen-bond donors (Lipinski definition) is 1. The highest BCUT2D eigenvalue weighted by Crippen LogP contribution is 2.41. The van der Waals surface area contributed by atoms with Crippen LogP contribution in [0.1, 0.15) is 24.1 Å². The van der Waals surface area contributed by atoms with Crippen molar-refractivity contribution in [3.63, 3.8) is 0 Å². The molecule has 148 valence electrons. The van der Waals surface area contributed by atoms with Crippen molar-refractivity contribution in [1.29, 1.82) is 0 Å². The van der Waals surface area contributed by atoms with E-state index in [1.807, 2.05) is 6.92 Å². The molecule has 0 saturated heterocycles. The minimum atomic E-state index is -1.45. The molecule has 4 rings (SSSR count). The first-order valence-electron chi connectivity index (χ1n) is 8.93. The van der Waals surface area contributed by atoms with Crippen LogP contribution in [0.4, 0.5) is 4.39 Å². The van der Waals surface area contributed by atoms with E-state index in [9.17, 15) is 9.50 Å². The minimum Gasteiger partial charge on any atom is -0.382 e. The Balaban J connectivity index is 1.82. The van der Waals surface area contributed by atoms with E-state index in [4.69, 9.17) is 23.2 Å². The lowest BCUT2D eigenvalue weighted by molar-refractivity contribution is -0.00894. The molecular formula is C21H17Cl2FN4O. The Labute approximate surface area is 176 Å². The zero-order valence-corrected chi connectivity index (χ0v) is 16.9. The minimum absolute atomic E-state index is 0.110. The average Bonchev–Trinajstić information content (AvgIpc) is 3.19. The maximum Gasteiger partial charge on any atom is 0.137 e. The Morgan fingerprint density at radius 1 is 1.14 bits per heavy atom. The first-order chi connectivity index (χ1) is 13.9. The molecule has 0 aliphatic heterocycles. The number of rotatable bonds is 5. The van der Waals surface area contributed by atoms with Crippen LogP contribution in [0.15, 0.2) is 61.2 Å². The largest absolute Gasteiger partial charge is 0.382 e. The summed E-state index contributed by atoms with van der Waals surface area (Å²) in [6.45, 7) is 1.97. The van der Waals surface area contributed by atoms with E-state index in [2.05, 4.69) is 15.1 Å². The molecule has 4 aromatic rings. The fourth-order valence-electron chi connectivity index (χ4n) is 3.46. The standard InChI is InChI=1S/C21H17Cl2FN4O/c1-13(19-6-2-14-8-16(24)4-7-20(14)27-19)21(29,10-28-12-25-11-26-28)17-5-3-15(22)9-18(17)23/h2-9,11-13,29H,10H2,1H3. The second kappa shape index (κ2) is 7.71. The van der Waals surface area contributed by atoms with Gasteiger partial charge < -0.3 is 5.11 Å². The molecule has 5 nitrogen and oxygen atoms in total. The number of hydrogen-bond acceptors (Lipinski definition) is 4. The highest BCUT2D eigenvalue weighted by atomic mass is 35.5. The molecule has 8 heteroatoms. The first-order valence-corrected chi connectivity index (χ1v) is 9.69. The summed E-state index contributed by atoms with van der Waals surface area (Å²) in [5, 5.41) is 17.5. The number of pyridine rings is 1. The zero-order chi connectivity index (χ0) is 20.6. The van der Waals surface area contributed by atoms with Gasteiger partial charge in [0.25, 0.3) is 0 Å². The van der Waals surface area contributed by atoms with Gasteiger partial charge in [-0.05, 0) is 36.4 Å². The van der Waals surface area contributed by atoms with Crippen LogP contribution in [0.25, 0.3) is 10.9 Å². The molecule has 0 fully saturated rings. The lowest BCUT2D eigenvalue weighted by atomic mass is 9.80. The molecule has 0 amide bonds. The monoisotopic (exact) mass is 430 g/mol. The van der Waals surface area contributed by atoms with Crippen molar-refractivity contribution in [1.82, 2.24) is 19.7 Å². The first kappa shape index (κ1) is 19.8. The van der Waals surface area contributed by atoms with E-state index in [1.54, 1.807) is 36.4 Å². The highest BCUT2D eigenvalue weighted by molar-refractivity contribution is 6.35. The number of halogens is 3. The van der Waals surface area contributed by atoms with Crippen LogP contribution >= 0.6 is 23.2 Å². The van der Waals surface area contributed by atoms with Crippen molar-refractivity contribution in [2.75, 3.05) is 0 Å². The Bertz CT molecular complexity index is 1170. The van der Waals surface area contributed by atoms with Gasteiger partial charge in [-0.15, -0.1) is 0 Å². The molecule has 29 heavy (non-hydrogen) atoms. The molecular weight excluding hydrogens is 414 g/mol. The molecule has 0 aliphatic carbocycles. The van der Waals surface area contributed by atoms with E-state index in [-0.39, 0.29) is 12.4 Å². The second-order valence-electron chi connectivity index (χ2n) is 6.94. The quantitative estimate of drug-likeness (QED) is 0.485. The summed E-state index contributed by atoms with van der Waals surface area (Å²) >= 11 is 12.5. The normalized spacial score (nSPS) is 14.7. The van der Waals surface area contributed by atoms with Crippen LogP contribution in [-0.4, -0.2) is 24.9 Å². The van der Waals surface area contributed by atoms with Crippen molar-refractivity contribution in [2.45, 2.75) is 25.0 Å². The van der Waals surface area contributed by atoms with Crippen molar-refractivity contribution >= 4 is 34.1 Å². The molecule has 2 heterocycles. The Morgan fingerprint density at radius 2 is 1.97 bits per heavy atom. The molecule has 0 aliphatic rings. The molecule has 2 unspecified atom stereocenters. The summed E-state index contributed by atoms with van der Waals surface area (Å²) in [5.41, 5.74) is 0.335. The Hall–Kier alpha value is -2.54. The maximum absolute atomic E-state index is 13.5. The number of aliphatic hydroxyl groups is 1. The van der Waals surface area contributed by atoms with Crippen molar-refractivity contribution in [2.24, 2.45) is 0 Å². The van der Waals surface area contributed by atoms with Crippen molar-refractivity contribution < 1.29 is 9.50 Å². The summed E-state index contributed by atoms with van der Waals surface area (Å²) < 4.78 is 15.0. The third kappa shape index (κ3) is 3.83. The van der Waals surface area contributed by atoms with Gasteiger partial charge in [0.2, 0.25) is 0 Å². The topological polar surface area (TPSA) is 63.8 Å². The van der Waals surface area contributed by atoms with Crippen LogP contribution in [0, 0.1) is 5.82 Å². The van der Waals surface area contributed by atoms with Gasteiger partial charge in [-0.1, -0.05) is 42.3 Å². The van der Waals surface area contributed by atoms with Crippen molar-refractivity contribution in [3.05, 3.63) is 88.3 Å². The fourth-order valence-corrected chi connectivity index (χ4v) is 4.03. The summed E-state index contributed by atoms with van der Waals surface area (Å²) in [7, 11) is 0. The van der Waals surface area contributed by atoms with E-state index in [0.717, 1.165) is 0 Å². The number of aromatic nitrogens is 4. The van der Waals surface area contributed by atoms with Crippen LogP contribution in [-0.2, 0) is 12.1 Å². The SMILES string of the molecule is CC(c1ccc2cc(F)ccc2n1)C(O)(Cn1cncn1)c1ccc(Cl)cc1Cl. The summed E-state index contributed by atoms with van der Waals surface area (Å²) in [5.74, 6) is -0.796. The fraction of sp³-hybridized carbons (Fsp3) is 0.190. The molecule has 0 bridgehead atoms. The van der Waals surface area contributed by atoms with E-state index in [1.165, 1.54) is 29.5 Å². The van der Waals surface area contributed by atoms with Gasteiger partial charge in [-0.3, -0.25) is 4.98 Å². The predicted octanol–water partition coefficient (Wildman–Crippen LogP) is 4.96. The van der Waals surface area contributed by atoms with Gasteiger partial charge in [0.15, 0.2) is 0 Å². The average molecular weight is 431 g/mol. The van der Waals surface area contributed by atoms with Gasteiger partial charge >= 0.3 is 0 Å². The van der Waals surface area contributed by atoms with Crippen LogP contribution in [0.3, 0.4) is 0 Å². The predicted molar refractivity (Wildman–Crippen MR) is 110 cm³/mol. The number of nitrogens with zero attached hydrogens (tertiary/aromatic N) is 4. The smallest absolute Gasteiger partial charge is 0.137 e. The summed E-state index contributed by atoms with van der Waals surface area (Å²) in [4.78, 5) is 8.60. The third-order valence-electron chi connectivity index (χ3n) is 5.10. The van der Waals surface area contributed by atoms with Crippen LogP contribution < -0.4 is 0 Å². The zero-order valence-electron chi connectivity index (χ0n) is 15.4. The molecule has 0 spiro atoms. The molecule has 0 saturated carbocycles. The number of fused-ring (bicyclic) bond motifs is 1. The van der Waals surface area contributed by atoms with Crippen LogP contribution in [0.5, 0.6) is 0 Å². The van der Waals surface area contributed by atoms with E-state index < -0.39 is 11.5 Å². The van der Waals surface area contributed by atoms with E-state index >= 15 is 0 Å². The van der Waals surface area contributed by atoms with Gasteiger partial charge in [0.1, 0.15) is 24.1 Å². The third-order valence-corrected chi connectivity index (χ3v) is 5.65. The van der Waals surface area contributed by atoms with Gasteiger partial charge in [-0.25, -0.2) is 14.1 Å². The summed E-state index contributed by atoms with van der Waals surface area (Å²) in [6, 6.07) is 12.9. The molecule has 1 N–H and O–H groups in total. The van der Waals surface area contributed by atoms with Crippen LogP contribution in [0.2, 0.25) is 10.0 Å². The summed E-state index contributed by atoms with van der Waals surface area (Å²) in [6.07, 6.45) is 2.93. The van der Waals surface area contributed by atoms with E-state index in [0.29, 0.717) is 32.2 Å².